The van der Waals surface area contributed by atoms with Gasteiger partial charge in [0.1, 0.15) is 5.75 Å². The van der Waals surface area contributed by atoms with E-state index >= 15 is 0 Å². The van der Waals surface area contributed by atoms with Gasteiger partial charge in [-0.2, -0.15) is 0 Å². The van der Waals surface area contributed by atoms with Gasteiger partial charge in [0.2, 0.25) is 5.91 Å². The van der Waals surface area contributed by atoms with E-state index in [1.54, 1.807) is 19.2 Å². The van der Waals surface area contributed by atoms with E-state index in [0.717, 1.165) is 21.3 Å². The topological polar surface area (TPSA) is 52.3 Å². The van der Waals surface area contributed by atoms with Crippen LogP contribution in [-0.4, -0.2) is 13.0 Å². The molecule has 0 fully saturated rings. The molecule has 0 aliphatic rings. The van der Waals surface area contributed by atoms with E-state index in [9.17, 15) is 4.79 Å². The summed E-state index contributed by atoms with van der Waals surface area (Å²) in [6, 6.07) is 13.0. The summed E-state index contributed by atoms with van der Waals surface area (Å²) in [4.78, 5) is 11.3. The van der Waals surface area contributed by atoms with E-state index < -0.39 is 5.91 Å². The van der Waals surface area contributed by atoms with Gasteiger partial charge in [-0.25, -0.2) is 0 Å². The SMILES string of the molecule is COc1ccccc1-c1cc(Br)cc(C(N)=O)c1. The Bertz CT molecular complexity index is 596. The average Bonchev–Trinajstić information content (AvgIpc) is 2.38. The maximum Gasteiger partial charge on any atom is 0.248 e. The zero-order valence-corrected chi connectivity index (χ0v) is 11.4. The highest BCUT2D eigenvalue weighted by molar-refractivity contribution is 9.10. The summed E-state index contributed by atoms with van der Waals surface area (Å²) in [5, 5.41) is 0. The van der Waals surface area contributed by atoms with Gasteiger partial charge in [0.05, 0.1) is 7.11 Å². The summed E-state index contributed by atoms with van der Waals surface area (Å²) in [7, 11) is 1.62. The first-order valence-electron chi connectivity index (χ1n) is 5.35. The second-order valence-corrected chi connectivity index (χ2v) is 4.71. The second-order valence-electron chi connectivity index (χ2n) is 3.79. The first-order chi connectivity index (χ1) is 8.61. The lowest BCUT2D eigenvalue weighted by molar-refractivity contribution is 0.100. The zero-order valence-electron chi connectivity index (χ0n) is 9.81. The fourth-order valence-corrected chi connectivity index (χ4v) is 2.26. The van der Waals surface area contributed by atoms with E-state index in [1.807, 2.05) is 30.3 Å². The predicted molar refractivity (Wildman–Crippen MR) is 74.6 cm³/mol. The number of methoxy groups -OCH3 is 1. The molecule has 0 heterocycles. The molecule has 2 aromatic rings. The molecular formula is C14H12BrNO2. The molecule has 3 nitrogen and oxygen atoms in total. The molecule has 2 aromatic carbocycles. The van der Waals surface area contributed by atoms with Crippen molar-refractivity contribution in [3.63, 3.8) is 0 Å². The summed E-state index contributed by atoms with van der Waals surface area (Å²) in [6.45, 7) is 0. The molecular weight excluding hydrogens is 294 g/mol. The molecule has 1 amide bonds. The Morgan fingerprint density at radius 1 is 1.22 bits per heavy atom. The Morgan fingerprint density at radius 2 is 1.94 bits per heavy atom. The van der Waals surface area contributed by atoms with Crippen LogP contribution < -0.4 is 10.5 Å². The van der Waals surface area contributed by atoms with Crippen LogP contribution in [-0.2, 0) is 0 Å². The van der Waals surface area contributed by atoms with Crippen LogP contribution in [0, 0.1) is 0 Å². The number of carbonyl (C=O) groups is 1. The van der Waals surface area contributed by atoms with Gasteiger partial charge in [-0.3, -0.25) is 4.79 Å². The lowest BCUT2D eigenvalue weighted by atomic mass is 10.0. The lowest BCUT2D eigenvalue weighted by Crippen LogP contribution is -2.10. The maximum absolute atomic E-state index is 11.3. The maximum atomic E-state index is 11.3. The van der Waals surface area contributed by atoms with Gasteiger partial charge in [-0.1, -0.05) is 34.1 Å². The number of rotatable bonds is 3. The highest BCUT2D eigenvalue weighted by atomic mass is 79.9. The minimum absolute atomic E-state index is 0.451. The standard InChI is InChI=1S/C14H12BrNO2/c1-18-13-5-3-2-4-12(13)9-6-10(14(16)17)8-11(15)7-9/h2-8H,1H3,(H2,16,17). The van der Waals surface area contributed by atoms with Crippen molar-refractivity contribution in [3.8, 4) is 16.9 Å². The number of hydrogen-bond acceptors (Lipinski definition) is 2. The molecule has 0 unspecified atom stereocenters. The molecule has 2 rings (SSSR count). The van der Waals surface area contributed by atoms with Gasteiger partial charge in [0, 0.05) is 15.6 Å². The molecule has 4 heteroatoms. The van der Waals surface area contributed by atoms with Gasteiger partial charge >= 0.3 is 0 Å². The normalized spacial score (nSPS) is 10.1. The van der Waals surface area contributed by atoms with E-state index in [4.69, 9.17) is 10.5 Å². The van der Waals surface area contributed by atoms with Crippen LogP contribution in [0.15, 0.2) is 46.9 Å². The number of primary amides is 1. The molecule has 0 saturated heterocycles. The predicted octanol–water partition coefficient (Wildman–Crippen LogP) is 3.22. The van der Waals surface area contributed by atoms with Crippen molar-refractivity contribution in [1.29, 1.82) is 0 Å². The monoisotopic (exact) mass is 305 g/mol. The fraction of sp³-hybridized carbons (Fsp3) is 0.0714. The number of nitrogens with two attached hydrogens (primary N) is 1. The van der Waals surface area contributed by atoms with Crippen molar-refractivity contribution in [3.05, 3.63) is 52.5 Å². The zero-order chi connectivity index (χ0) is 13.1. The van der Waals surface area contributed by atoms with Crippen LogP contribution in [0.2, 0.25) is 0 Å². The van der Waals surface area contributed by atoms with Crippen LogP contribution in [0.3, 0.4) is 0 Å². The fourth-order valence-electron chi connectivity index (χ4n) is 1.77. The Balaban J connectivity index is 2.60. The molecule has 2 N–H and O–H groups in total. The first-order valence-corrected chi connectivity index (χ1v) is 6.15. The van der Waals surface area contributed by atoms with Gasteiger partial charge in [-0.15, -0.1) is 0 Å². The molecule has 0 atom stereocenters. The molecule has 0 aromatic heterocycles. The average molecular weight is 306 g/mol. The van der Waals surface area contributed by atoms with Crippen LogP contribution >= 0.6 is 15.9 Å². The molecule has 18 heavy (non-hydrogen) atoms. The summed E-state index contributed by atoms with van der Waals surface area (Å²) >= 11 is 3.38. The third-order valence-corrected chi connectivity index (χ3v) is 3.06. The van der Waals surface area contributed by atoms with Crippen LogP contribution in [0.4, 0.5) is 0 Å². The highest BCUT2D eigenvalue weighted by Crippen LogP contribution is 2.32. The molecule has 0 aliphatic carbocycles. The number of halogens is 1. The number of benzene rings is 2. The first kappa shape index (κ1) is 12.6. The van der Waals surface area contributed by atoms with Crippen molar-refractivity contribution in [2.75, 3.05) is 7.11 Å². The van der Waals surface area contributed by atoms with Crippen molar-refractivity contribution in [2.45, 2.75) is 0 Å². The van der Waals surface area contributed by atoms with Crippen molar-refractivity contribution < 1.29 is 9.53 Å². The lowest BCUT2D eigenvalue weighted by Gasteiger charge is -2.09. The number of hydrogen-bond donors (Lipinski definition) is 1. The Kier molecular flexibility index (Phi) is 3.67. The summed E-state index contributed by atoms with van der Waals surface area (Å²) in [6.07, 6.45) is 0. The van der Waals surface area contributed by atoms with Crippen LogP contribution in [0.1, 0.15) is 10.4 Å². The molecule has 0 spiro atoms. The summed E-state index contributed by atoms with van der Waals surface area (Å²) < 4.78 is 6.11. The quantitative estimate of drug-likeness (QED) is 0.946. The Hall–Kier alpha value is -1.81. The van der Waals surface area contributed by atoms with E-state index in [2.05, 4.69) is 15.9 Å². The molecule has 0 bridgehead atoms. The van der Waals surface area contributed by atoms with E-state index in [1.165, 1.54) is 0 Å². The van der Waals surface area contributed by atoms with Gasteiger partial charge in [0.15, 0.2) is 0 Å². The number of carbonyl (C=O) groups excluding carboxylic acids is 1. The summed E-state index contributed by atoms with van der Waals surface area (Å²) in [5.74, 6) is 0.304. The van der Waals surface area contributed by atoms with Crippen LogP contribution in [0.25, 0.3) is 11.1 Å². The molecule has 92 valence electrons. The van der Waals surface area contributed by atoms with Gasteiger partial charge in [-0.05, 0) is 29.8 Å². The molecule has 0 radical (unpaired) electrons. The van der Waals surface area contributed by atoms with Crippen LogP contribution in [0.5, 0.6) is 5.75 Å². The molecule has 0 saturated carbocycles. The molecule has 0 aliphatic heterocycles. The summed E-state index contributed by atoms with van der Waals surface area (Å²) in [5.41, 5.74) is 7.58. The smallest absolute Gasteiger partial charge is 0.248 e. The Morgan fingerprint density at radius 3 is 2.61 bits per heavy atom. The van der Waals surface area contributed by atoms with Gasteiger partial charge < -0.3 is 10.5 Å². The van der Waals surface area contributed by atoms with Crippen molar-refractivity contribution in [2.24, 2.45) is 5.73 Å². The third-order valence-electron chi connectivity index (χ3n) is 2.60. The second kappa shape index (κ2) is 5.23. The minimum atomic E-state index is -0.451. The Labute approximate surface area is 114 Å². The van der Waals surface area contributed by atoms with E-state index in [-0.39, 0.29) is 0 Å². The van der Waals surface area contributed by atoms with E-state index in [0.29, 0.717) is 5.56 Å². The number of ether oxygens (including phenoxy) is 1. The van der Waals surface area contributed by atoms with Crippen molar-refractivity contribution in [1.82, 2.24) is 0 Å². The largest absolute Gasteiger partial charge is 0.496 e. The third kappa shape index (κ3) is 2.54. The minimum Gasteiger partial charge on any atom is -0.496 e. The van der Waals surface area contributed by atoms with Gasteiger partial charge in [0.25, 0.3) is 0 Å². The van der Waals surface area contributed by atoms with Crippen molar-refractivity contribution >= 4 is 21.8 Å². The highest BCUT2D eigenvalue weighted by Gasteiger charge is 2.09. The number of amides is 1. The number of para-hydroxylation sites is 1.